The number of aromatic nitrogens is 4. The Morgan fingerprint density at radius 2 is 1.67 bits per heavy atom. The number of carbonyl (C=O) groups excluding carboxylic acids is 1. The number of fused-ring (bicyclic) bond motifs is 2. The van der Waals surface area contributed by atoms with Crippen LogP contribution < -0.4 is 25.7 Å². The summed E-state index contributed by atoms with van der Waals surface area (Å²) < 4.78 is 13.3. The quantitative estimate of drug-likeness (QED) is 0.164. The maximum absolute atomic E-state index is 13.4. The van der Waals surface area contributed by atoms with Crippen molar-refractivity contribution < 1.29 is 14.3 Å². The molecule has 6 rings (SSSR count). The first-order valence-corrected chi connectivity index (χ1v) is 15.1. The second kappa shape index (κ2) is 12.4. The molecule has 234 valence electrons. The van der Waals surface area contributed by atoms with Crippen LogP contribution in [-0.4, -0.2) is 32.9 Å². The van der Waals surface area contributed by atoms with Gasteiger partial charge in [0.2, 0.25) is 0 Å². The van der Waals surface area contributed by atoms with Crippen molar-refractivity contribution in [3.8, 4) is 17.2 Å². The number of anilines is 2. The van der Waals surface area contributed by atoms with Gasteiger partial charge in [0.1, 0.15) is 23.9 Å². The van der Waals surface area contributed by atoms with Gasteiger partial charge in [-0.25, -0.2) is 14.5 Å². The highest BCUT2D eigenvalue weighted by atomic mass is 16.5. The molecule has 0 fully saturated rings. The average Bonchev–Trinajstić information content (AvgIpc) is 3.48. The second-order valence-electron chi connectivity index (χ2n) is 12.0. The number of rotatable bonds is 8. The van der Waals surface area contributed by atoms with Crippen molar-refractivity contribution in [1.82, 2.24) is 19.7 Å². The number of aromatic amines is 1. The molecule has 0 unspecified atom stereocenters. The van der Waals surface area contributed by atoms with Crippen LogP contribution in [0.2, 0.25) is 0 Å². The Balaban J connectivity index is 1.25. The number of nitrogens with zero attached hydrogens (tertiary/aromatic N) is 3. The minimum atomic E-state index is -0.406. The monoisotopic (exact) mass is 616 g/mol. The van der Waals surface area contributed by atoms with E-state index in [1.807, 2.05) is 85.8 Å². The molecule has 0 aliphatic heterocycles. The SMILES string of the molecule is CCc1ccc(COc2ccc(NC(=O)Nc3cc(C(C)(C)C)nn3-c3ccc(OC)cc3)c3ccccc23)c2ncc(=O)[nH]c12. The highest BCUT2D eigenvalue weighted by molar-refractivity contribution is 6.07. The smallest absolute Gasteiger partial charge is 0.324 e. The standard InChI is InChI=1S/C36H36N6O4/c1-6-22-11-12-23(33-34(22)40-32(43)20-37-33)21-46-29-18-17-28(26-9-7-8-10-27(26)29)38-35(44)39-31-19-30(36(2,3)4)41-42(31)24-13-15-25(45-5)16-14-24/h7-20H,6,21H2,1-5H3,(H,40,43)(H2,38,39,44). The van der Waals surface area contributed by atoms with Gasteiger partial charge in [-0.2, -0.15) is 5.10 Å². The van der Waals surface area contributed by atoms with Crippen molar-refractivity contribution in [2.24, 2.45) is 0 Å². The Morgan fingerprint density at radius 3 is 2.39 bits per heavy atom. The summed E-state index contributed by atoms with van der Waals surface area (Å²) in [5.74, 6) is 1.92. The molecular weight excluding hydrogens is 580 g/mol. The third-order valence-electron chi connectivity index (χ3n) is 7.84. The zero-order valence-corrected chi connectivity index (χ0v) is 26.5. The van der Waals surface area contributed by atoms with Gasteiger partial charge in [-0.3, -0.25) is 10.1 Å². The van der Waals surface area contributed by atoms with Crippen molar-refractivity contribution in [2.75, 3.05) is 17.7 Å². The number of benzene rings is 4. The van der Waals surface area contributed by atoms with E-state index in [1.54, 1.807) is 11.8 Å². The summed E-state index contributed by atoms with van der Waals surface area (Å²) in [5.41, 5.74) is 5.11. The van der Waals surface area contributed by atoms with E-state index in [-0.39, 0.29) is 17.6 Å². The minimum absolute atomic E-state index is 0.228. The lowest BCUT2D eigenvalue weighted by atomic mass is 9.92. The molecule has 2 aromatic heterocycles. The molecule has 0 aliphatic rings. The Bertz CT molecular complexity index is 2110. The number of methoxy groups -OCH3 is 1. The fourth-order valence-corrected chi connectivity index (χ4v) is 5.34. The van der Waals surface area contributed by atoms with Crippen molar-refractivity contribution in [3.05, 3.63) is 112 Å². The Hall–Kier alpha value is -5.64. The first kappa shape index (κ1) is 30.4. The van der Waals surface area contributed by atoms with Crippen LogP contribution in [0.1, 0.15) is 44.5 Å². The first-order valence-electron chi connectivity index (χ1n) is 15.1. The van der Waals surface area contributed by atoms with Gasteiger partial charge in [0.05, 0.1) is 41.4 Å². The van der Waals surface area contributed by atoms with Gasteiger partial charge in [0.15, 0.2) is 0 Å². The van der Waals surface area contributed by atoms with E-state index in [0.717, 1.165) is 51.0 Å². The molecule has 0 spiro atoms. The van der Waals surface area contributed by atoms with E-state index < -0.39 is 6.03 Å². The average molecular weight is 617 g/mol. The number of nitrogens with one attached hydrogen (secondary N) is 3. The zero-order valence-electron chi connectivity index (χ0n) is 26.5. The van der Waals surface area contributed by atoms with E-state index in [1.165, 1.54) is 6.20 Å². The molecule has 46 heavy (non-hydrogen) atoms. The fraction of sp³-hybridized carbons (Fsp3) is 0.222. The van der Waals surface area contributed by atoms with Crippen molar-refractivity contribution in [2.45, 2.75) is 46.1 Å². The van der Waals surface area contributed by atoms with Gasteiger partial charge in [0, 0.05) is 27.8 Å². The highest BCUT2D eigenvalue weighted by Crippen LogP contribution is 2.33. The Kier molecular flexibility index (Phi) is 8.19. The van der Waals surface area contributed by atoms with E-state index in [2.05, 4.69) is 41.4 Å². The molecule has 3 N–H and O–H groups in total. The molecule has 10 nitrogen and oxygen atoms in total. The number of urea groups is 1. The van der Waals surface area contributed by atoms with E-state index in [9.17, 15) is 9.59 Å². The maximum atomic E-state index is 13.4. The van der Waals surface area contributed by atoms with Crippen LogP contribution in [0.25, 0.3) is 27.5 Å². The van der Waals surface area contributed by atoms with Gasteiger partial charge in [-0.05, 0) is 48.4 Å². The summed E-state index contributed by atoms with van der Waals surface area (Å²) in [7, 11) is 1.62. The van der Waals surface area contributed by atoms with Gasteiger partial charge in [0.25, 0.3) is 5.56 Å². The number of H-pyrrole nitrogens is 1. The lowest BCUT2D eigenvalue weighted by Crippen LogP contribution is -2.21. The third-order valence-corrected chi connectivity index (χ3v) is 7.84. The molecular formula is C36H36N6O4. The molecule has 0 aliphatic carbocycles. The number of hydrogen-bond acceptors (Lipinski definition) is 6. The first-order chi connectivity index (χ1) is 22.1. The molecule has 0 radical (unpaired) electrons. The van der Waals surface area contributed by atoms with E-state index in [4.69, 9.17) is 14.6 Å². The predicted molar refractivity (Wildman–Crippen MR) is 181 cm³/mol. The summed E-state index contributed by atoms with van der Waals surface area (Å²) >= 11 is 0. The molecule has 4 aromatic carbocycles. The number of amides is 2. The number of carbonyl (C=O) groups is 1. The molecule has 6 aromatic rings. The van der Waals surface area contributed by atoms with E-state index >= 15 is 0 Å². The van der Waals surface area contributed by atoms with Gasteiger partial charge >= 0.3 is 6.03 Å². The molecule has 0 saturated heterocycles. The lowest BCUT2D eigenvalue weighted by Gasteiger charge is -2.15. The lowest BCUT2D eigenvalue weighted by molar-refractivity contribution is 0.262. The summed E-state index contributed by atoms with van der Waals surface area (Å²) in [6, 6.07) is 24.4. The van der Waals surface area contributed by atoms with Crippen LogP contribution in [0.3, 0.4) is 0 Å². The van der Waals surface area contributed by atoms with Gasteiger partial charge < -0.3 is 19.8 Å². The molecule has 2 amide bonds. The van der Waals surface area contributed by atoms with Crippen molar-refractivity contribution in [1.29, 1.82) is 0 Å². The molecule has 10 heteroatoms. The second-order valence-corrected chi connectivity index (χ2v) is 12.0. The van der Waals surface area contributed by atoms with Gasteiger partial charge in [-0.1, -0.05) is 64.1 Å². The van der Waals surface area contributed by atoms with Gasteiger partial charge in [-0.15, -0.1) is 0 Å². The van der Waals surface area contributed by atoms with Crippen LogP contribution in [0, 0.1) is 0 Å². The Labute approximate surface area is 266 Å². The highest BCUT2D eigenvalue weighted by Gasteiger charge is 2.22. The number of ether oxygens (including phenoxy) is 2. The summed E-state index contributed by atoms with van der Waals surface area (Å²) in [5, 5.41) is 12.5. The maximum Gasteiger partial charge on any atom is 0.324 e. The zero-order chi connectivity index (χ0) is 32.4. The largest absolute Gasteiger partial charge is 0.497 e. The fourth-order valence-electron chi connectivity index (χ4n) is 5.34. The molecule has 0 bridgehead atoms. The summed E-state index contributed by atoms with van der Waals surface area (Å²) in [6.07, 6.45) is 2.06. The summed E-state index contributed by atoms with van der Waals surface area (Å²) in [6.45, 7) is 8.52. The van der Waals surface area contributed by atoms with Crippen LogP contribution in [0.15, 0.2) is 89.9 Å². The topological polar surface area (TPSA) is 123 Å². The van der Waals surface area contributed by atoms with Crippen LogP contribution in [0.4, 0.5) is 16.3 Å². The summed E-state index contributed by atoms with van der Waals surface area (Å²) in [4.78, 5) is 32.7. The van der Waals surface area contributed by atoms with Crippen molar-refractivity contribution in [3.63, 3.8) is 0 Å². The van der Waals surface area contributed by atoms with Crippen molar-refractivity contribution >= 4 is 39.3 Å². The number of hydrogen-bond donors (Lipinski definition) is 3. The van der Waals surface area contributed by atoms with Crippen LogP contribution >= 0.6 is 0 Å². The van der Waals surface area contributed by atoms with E-state index in [0.29, 0.717) is 22.8 Å². The molecule has 0 atom stereocenters. The number of aryl methyl sites for hydroxylation is 1. The molecule has 0 saturated carbocycles. The Morgan fingerprint density at radius 1 is 0.935 bits per heavy atom. The van der Waals surface area contributed by atoms with Crippen LogP contribution in [0.5, 0.6) is 11.5 Å². The normalized spacial score (nSPS) is 11.5. The minimum Gasteiger partial charge on any atom is -0.497 e. The predicted octanol–water partition coefficient (Wildman–Crippen LogP) is 7.35. The third kappa shape index (κ3) is 6.14. The van der Waals surface area contributed by atoms with Crippen LogP contribution in [-0.2, 0) is 18.4 Å². The molecule has 2 heterocycles.